The quantitative estimate of drug-likeness (QED) is 0.0447. The third-order valence-corrected chi connectivity index (χ3v) is 13.2. The van der Waals surface area contributed by atoms with E-state index in [1.54, 1.807) is 0 Å². The van der Waals surface area contributed by atoms with Crippen LogP contribution in [0.1, 0.15) is 252 Å². The molecule has 1 unspecified atom stereocenters. The van der Waals surface area contributed by atoms with Gasteiger partial charge in [0.2, 0.25) is 0 Å². The fourth-order valence-corrected chi connectivity index (χ4v) is 8.88. The van der Waals surface area contributed by atoms with Gasteiger partial charge in [-0.05, 0) is 71.1 Å². The molecule has 0 aromatic carbocycles. The molecule has 7 nitrogen and oxygen atoms in total. The summed E-state index contributed by atoms with van der Waals surface area (Å²) in [5, 5.41) is 0. The topological polar surface area (TPSA) is 62.3 Å². The maximum atomic E-state index is 13.2. The Labute approximate surface area is 375 Å². The zero-order chi connectivity index (χ0) is 43.4. The predicted molar refractivity (Wildman–Crippen MR) is 259 cm³/mol. The van der Waals surface area contributed by atoms with Gasteiger partial charge in [-0.3, -0.25) is 9.59 Å². The zero-order valence-electron chi connectivity index (χ0n) is 41.1. The van der Waals surface area contributed by atoms with Crippen molar-refractivity contribution in [3.63, 3.8) is 0 Å². The molecular weight excluding hydrogens is 743 g/mol. The second-order valence-electron chi connectivity index (χ2n) is 19.1. The van der Waals surface area contributed by atoms with Gasteiger partial charge in [0.15, 0.2) is 0 Å². The van der Waals surface area contributed by atoms with Gasteiger partial charge < -0.3 is 24.2 Å². The molecule has 0 radical (unpaired) electrons. The average Bonchev–Trinajstić information content (AvgIpc) is 3.25. The van der Waals surface area contributed by atoms with E-state index in [0.717, 1.165) is 71.5 Å². The molecule has 0 aromatic heterocycles. The summed E-state index contributed by atoms with van der Waals surface area (Å²) in [6, 6.07) is 0. The largest absolute Gasteiger partial charge is 0.466 e. The van der Waals surface area contributed by atoms with E-state index < -0.39 is 0 Å². The lowest BCUT2D eigenvalue weighted by atomic mass is 9.94. The van der Waals surface area contributed by atoms with Crippen LogP contribution < -0.4 is 0 Å². The number of nitrogens with zero attached hydrogens (tertiary/aromatic N) is 3. The fourth-order valence-electron chi connectivity index (χ4n) is 8.88. The molecule has 1 heterocycles. The lowest BCUT2D eigenvalue weighted by Gasteiger charge is -2.32. The molecule has 1 saturated heterocycles. The third kappa shape index (κ3) is 38.5. The summed E-state index contributed by atoms with van der Waals surface area (Å²) in [4.78, 5) is 33.2. The van der Waals surface area contributed by atoms with Gasteiger partial charge >= 0.3 is 11.9 Å². The molecule has 1 aliphatic rings. The van der Waals surface area contributed by atoms with Crippen LogP contribution in [0.3, 0.4) is 0 Å². The molecule has 1 atom stereocenters. The second-order valence-corrected chi connectivity index (χ2v) is 19.1. The van der Waals surface area contributed by atoms with Crippen LogP contribution in [0.4, 0.5) is 0 Å². The molecule has 0 aliphatic carbocycles. The number of carbonyl (C=O) groups is 2. The smallest absolute Gasteiger partial charge is 0.307 e. The molecule has 0 amide bonds. The SMILES string of the molecule is CCCCCCCCCCCCCOC(=O)CCCN(CCCCN1CCN(C)CC1)CCC(=O)OCC(CCCCCCCCCC)CCCCCCCCCCCC. The van der Waals surface area contributed by atoms with Crippen LogP contribution in [0.25, 0.3) is 0 Å². The Bertz CT molecular complexity index is 911. The number of esters is 2. The van der Waals surface area contributed by atoms with Crippen LogP contribution in [0.5, 0.6) is 0 Å². The number of hydrogen-bond acceptors (Lipinski definition) is 7. The van der Waals surface area contributed by atoms with E-state index in [1.165, 1.54) is 193 Å². The molecule has 7 heteroatoms. The average molecular weight is 848 g/mol. The zero-order valence-corrected chi connectivity index (χ0v) is 41.1. The highest BCUT2D eigenvalue weighted by Gasteiger charge is 2.16. The Hall–Kier alpha value is -1.18. The third-order valence-electron chi connectivity index (χ3n) is 13.2. The molecule has 1 fully saturated rings. The summed E-state index contributed by atoms with van der Waals surface area (Å²) in [5.41, 5.74) is 0. The Kier molecular flexibility index (Phi) is 42.1. The summed E-state index contributed by atoms with van der Waals surface area (Å²) >= 11 is 0. The van der Waals surface area contributed by atoms with Gasteiger partial charge in [0.05, 0.1) is 19.6 Å². The highest BCUT2D eigenvalue weighted by molar-refractivity contribution is 5.69. The van der Waals surface area contributed by atoms with Gasteiger partial charge in [-0.1, -0.05) is 201 Å². The van der Waals surface area contributed by atoms with Gasteiger partial charge in [0.25, 0.3) is 0 Å². The van der Waals surface area contributed by atoms with Crippen molar-refractivity contribution in [2.24, 2.45) is 5.92 Å². The Morgan fingerprint density at radius 2 is 0.867 bits per heavy atom. The van der Waals surface area contributed by atoms with Crippen LogP contribution in [-0.4, -0.2) is 99.3 Å². The second kappa shape index (κ2) is 44.4. The number of rotatable bonds is 46. The van der Waals surface area contributed by atoms with Crippen molar-refractivity contribution < 1.29 is 19.1 Å². The van der Waals surface area contributed by atoms with Crippen molar-refractivity contribution >= 4 is 11.9 Å². The summed E-state index contributed by atoms with van der Waals surface area (Å²) in [5.74, 6) is 0.374. The number of carbonyl (C=O) groups excluding carboxylic acids is 2. The van der Waals surface area contributed by atoms with Gasteiger partial charge in [0, 0.05) is 39.1 Å². The van der Waals surface area contributed by atoms with Crippen molar-refractivity contribution in [2.45, 2.75) is 252 Å². The van der Waals surface area contributed by atoms with Crippen LogP contribution in [0, 0.1) is 5.92 Å². The van der Waals surface area contributed by atoms with E-state index in [-0.39, 0.29) is 11.9 Å². The minimum absolute atomic E-state index is 0.0483. The van der Waals surface area contributed by atoms with E-state index in [4.69, 9.17) is 9.47 Å². The van der Waals surface area contributed by atoms with Crippen LogP contribution in [-0.2, 0) is 19.1 Å². The Balaban J connectivity index is 2.47. The first-order valence-electron chi connectivity index (χ1n) is 26.9. The van der Waals surface area contributed by atoms with Crippen LogP contribution in [0.15, 0.2) is 0 Å². The van der Waals surface area contributed by atoms with Crippen LogP contribution in [0.2, 0.25) is 0 Å². The van der Waals surface area contributed by atoms with Crippen molar-refractivity contribution in [1.82, 2.24) is 14.7 Å². The first kappa shape index (κ1) is 56.8. The molecule has 1 rings (SSSR count). The summed E-state index contributed by atoms with van der Waals surface area (Å²) in [6.07, 6.45) is 44.9. The van der Waals surface area contributed by atoms with Crippen molar-refractivity contribution in [2.75, 3.05) is 72.6 Å². The number of hydrogen-bond donors (Lipinski definition) is 0. The van der Waals surface area contributed by atoms with E-state index in [9.17, 15) is 9.59 Å². The maximum absolute atomic E-state index is 13.2. The molecular formula is C53H105N3O4. The first-order valence-corrected chi connectivity index (χ1v) is 26.9. The highest BCUT2D eigenvalue weighted by Crippen LogP contribution is 2.21. The van der Waals surface area contributed by atoms with E-state index in [1.807, 2.05) is 0 Å². The van der Waals surface area contributed by atoms with E-state index in [0.29, 0.717) is 38.5 Å². The number of ether oxygens (including phenoxy) is 2. The summed E-state index contributed by atoms with van der Waals surface area (Å²) in [7, 11) is 2.21. The molecule has 0 saturated carbocycles. The highest BCUT2D eigenvalue weighted by atomic mass is 16.5. The monoisotopic (exact) mass is 848 g/mol. The minimum Gasteiger partial charge on any atom is -0.466 e. The van der Waals surface area contributed by atoms with Crippen molar-refractivity contribution in [1.29, 1.82) is 0 Å². The molecule has 356 valence electrons. The minimum atomic E-state index is -0.0681. The van der Waals surface area contributed by atoms with Crippen molar-refractivity contribution in [3.05, 3.63) is 0 Å². The van der Waals surface area contributed by atoms with Gasteiger partial charge in [-0.2, -0.15) is 0 Å². The van der Waals surface area contributed by atoms with Gasteiger partial charge in [0.1, 0.15) is 0 Å². The summed E-state index contributed by atoms with van der Waals surface area (Å²) < 4.78 is 11.7. The lowest BCUT2D eigenvalue weighted by molar-refractivity contribution is -0.146. The van der Waals surface area contributed by atoms with Crippen molar-refractivity contribution in [3.8, 4) is 0 Å². The Morgan fingerprint density at radius 1 is 0.450 bits per heavy atom. The van der Waals surface area contributed by atoms with E-state index in [2.05, 4.69) is 42.5 Å². The number of likely N-dealkylation sites (N-methyl/N-ethyl adjacent to an activating group) is 1. The number of unbranched alkanes of at least 4 members (excludes halogenated alkanes) is 27. The molecule has 0 aromatic rings. The molecule has 60 heavy (non-hydrogen) atoms. The molecule has 0 bridgehead atoms. The van der Waals surface area contributed by atoms with E-state index >= 15 is 0 Å². The molecule has 0 spiro atoms. The van der Waals surface area contributed by atoms with Gasteiger partial charge in [-0.15, -0.1) is 0 Å². The number of piperazine rings is 1. The first-order chi connectivity index (χ1) is 29.5. The molecule has 1 aliphatic heterocycles. The normalized spacial score (nSPS) is 14.3. The predicted octanol–water partition coefficient (Wildman–Crippen LogP) is 14.3. The Morgan fingerprint density at radius 3 is 1.35 bits per heavy atom. The lowest BCUT2D eigenvalue weighted by Crippen LogP contribution is -2.44. The standard InChI is InChI=1S/C53H105N3O4/c1-5-8-11-14-17-20-22-24-27-30-35-49-59-52(57)39-36-43-55(41-33-34-42-56-47-45-54(4)46-48-56)44-40-53(58)60-50-51(37-31-28-25-19-16-13-10-7-3)38-32-29-26-23-21-18-15-12-9-6-2/h51H,5-50H2,1-4H3. The van der Waals surface area contributed by atoms with Crippen LogP contribution >= 0.6 is 0 Å². The van der Waals surface area contributed by atoms with Gasteiger partial charge in [-0.25, -0.2) is 0 Å². The summed E-state index contributed by atoms with van der Waals surface area (Å²) in [6.45, 7) is 16.3. The maximum Gasteiger partial charge on any atom is 0.307 e. The fraction of sp³-hybridized carbons (Fsp3) is 0.962. The molecule has 0 N–H and O–H groups in total.